The van der Waals surface area contributed by atoms with Crippen LogP contribution >= 0.6 is 0 Å². The van der Waals surface area contributed by atoms with E-state index in [1.807, 2.05) is 48.5 Å². The first-order chi connectivity index (χ1) is 13.4. The van der Waals surface area contributed by atoms with Gasteiger partial charge >= 0.3 is 11.9 Å². The SMILES string of the molecule is Cc1noc(-c2ccc(-c3ccc(C4(C(=O)O)CC4)cc3)cc2)c1CC(=O)O. The van der Waals surface area contributed by atoms with Crippen LogP contribution in [-0.4, -0.2) is 27.3 Å². The lowest BCUT2D eigenvalue weighted by Crippen LogP contribution is -2.19. The number of carboxylic acids is 2. The summed E-state index contributed by atoms with van der Waals surface area (Å²) in [5, 5.41) is 22.4. The monoisotopic (exact) mass is 377 g/mol. The van der Waals surface area contributed by atoms with Gasteiger partial charge in [-0.05, 0) is 36.5 Å². The zero-order chi connectivity index (χ0) is 19.9. The lowest BCUT2D eigenvalue weighted by molar-refractivity contribution is -0.140. The van der Waals surface area contributed by atoms with Gasteiger partial charge in [0.15, 0.2) is 5.76 Å². The van der Waals surface area contributed by atoms with Gasteiger partial charge in [0.05, 0.1) is 17.5 Å². The third-order valence-corrected chi connectivity index (χ3v) is 5.39. The number of hydrogen-bond donors (Lipinski definition) is 2. The summed E-state index contributed by atoms with van der Waals surface area (Å²) in [6, 6.07) is 15.2. The van der Waals surface area contributed by atoms with Crippen molar-refractivity contribution in [3.05, 3.63) is 65.4 Å². The van der Waals surface area contributed by atoms with Crippen LogP contribution in [0.1, 0.15) is 29.7 Å². The number of aromatic nitrogens is 1. The number of aliphatic carboxylic acids is 2. The minimum Gasteiger partial charge on any atom is -0.481 e. The largest absolute Gasteiger partial charge is 0.481 e. The normalized spacial score (nSPS) is 14.6. The molecule has 0 radical (unpaired) electrons. The molecule has 1 aliphatic carbocycles. The summed E-state index contributed by atoms with van der Waals surface area (Å²) >= 11 is 0. The summed E-state index contributed by atoms with van der Waals surface area (Å²) in [6.07, 6.45) is 1.23. The van der Waals surface area contributed by atoms with E-state index in [0.29, 0.717) is 29.9 Å². The summed E-state index contributed by atoms with van der Waals surface area (Å²) in [7, 11) is 0. The molecule has 0 saturated heterocycles. The van der Waals surface area contributed by atoms with E-state index in [-0.39, 0.29) is 6.42 Å². The van der Waals surface area contributed by atoms with Crippen LogP contribution in [-0.2, 0) is 21.4 Å². The van der Waals surface area contributed by atoms with Crippen LogP contribution in [0.3, 0.4) is 0 Å². The predicted octanol–water partition coefficient (Wildman–Crippen LogP) is 4.06. The fraction of sp³-hybridized carbons (Fsp3) is 0.227. The van der Waals surface area contributed by atoms with Crippen molar-refractivity contribution < 1.29 is 24.3 Å². The Morgan fingerprint density at radius 2 is 1.50 bits per heavy atom. The van der Waals surface area contributed by atoms with E-state index < -0.39 is 17.4 Å². The molecule has 6 heteroatoms. The van der Waals surface area contributed by atoms with E-state index in [0.717, 1.165) is 22.3 Å². The molecule has 3 aromatic rings. The summed E-state index contributed by atoms with van der Waals surface area (Å²) in [4.78, 5) is 22.5. The number of nitrogens with zero attached hydrogens (tertiary/aromatic N) is 1. The molecule has 0 atom stereocenters. The number of aryl methyl sites for hydroxylation is 1. The molecular formula is C22H19NO5. The molecule has 0 aliphatic heterocycles. The van der Waals surface area contributed by atoms with Crippen molar-refractivity contribution in [1.82, 2.24) is 5.16 Å². The molecule has 0 unspecified atom stereocenters. The Labute approximate surface area is 161 Å². The quantitative estimate of drug-likeness (QED) is 0.672. The minimum absolute atomic E-state index is 0.140. The topological polar surface area (TPSA) is 101 Å². The second-order valence-electron chi connectivity index (χ2n) is 7.19. The maximum absolute atomic E-state index is 11.5. The molecule has 28 heavy (non-hydrogen) atoms. The molecule has 2 N–H and O–H groups in total. The van der Waals surface area contributed by atoms with Crippen LogP contribution in [0.5, 0.6) is 0 Å². The van der Waals surface area contributed by atoms with E-state index in [1.165, 1.54) is 0 Å². The molecular weight excluding hydrogens is 358 g/mol. The number of carboxylic acid groups (broad SMARTS) is 2. The maximum Gasteiger partial charge on any atom is 0.314 e. The van der Waals surface area contributed by atoms with Crippen LogP contribution in [0, 0.1) is 6.92 Å². The molecule has 1 saturated carbocycles. The van der Waals surface area contributed by atoms with Gasteiger partial charge in [0.2, 0.25) is 0 Å². The first kappa shape index (κ1) is 18.0. The highest BCUT2D eigenvalue weighted by molar-refractivity contribution is 5.85. The summed E-state index contributed by atoms with van der Waals surface area (Å²) in [6.45, 7) is 1.73. The van der Waals surface area contributed by atoms with Gasteiger partial charge in [0.25, 0.3) is 0 Å². The van der Waals surface area contributed by atoms with Crippen molar-refractivity contribution in [3.63, 3.8) is 0 Å². The van der Waals surface area contributed by atoms with Crippen LogP contribution in [0.4, 0.5) is 0 Å². The minimum atomic E-state index is -0.931. The predicted molar refractivity (Wildman–Crippen MR) is 102 cm³/mol. The Morgan fingerprint density at radius 1 is 0.964 bits per heavy atom. The Hall–Kier alpha value is -3.41. The lowest BCUT2D eigenvalue weighted by atomic mass is 9.93. The van der Waals surface area contributed by atoms with Gasteiger partial charge in [-0.15, -0.1) is 0 Å². The highest BCUT2D eigenvalue weighted by Crippen LogP contribution is 2.48. The molecule has 0 spiro atoms. The van der Waals surface area contributed by atoms with Crippen molar-refractivity contribution >= 4 is 11.9 Å². The molecule has 1 aromatic heterocycles. The Morgan fingerprint density at radius 3 is 2.00 bits per heavy atom. The van der Waals surface area contributed by atoms with Crippen molar-refractivity contribution in [2.45, 2.75) is 31.6 Å². The highest BCUT2D eigenvalue weighted by atomic mass is 16.5. The molecule has 1 heterocycles. The second kappa shape index (κ2) is 6.64. The zero-order valence-electron chi connectivity index (χ0n) is 15.3. The van der Waals surface area contributed by atoms with Gasteiger partial charge in [0, 0.05) is 11.1 Å². The summed E-state index contributed by atoms with van der Waals surface area (Å²) < 4.78 is 5.34. The average molecular weight is 377 g/mol. The second-order valence-corrected chi connectivity index (χ2v) is 7.19. The standard InChI is InChI=1S/C22H19NO5/c1-13-18(12-19(24)25)20(28-23-13)16-4-2-14(3-5-16)15-6-8-17(9-7-15)22(10-11-22)21(26)27/h2-9H,10-12H2,1H3,(H,24,25)(H,26,27). The zero-order valence-corrected chi connectivity index (χ0v) is 15.3. The Kier molecular flexibility index (Phi) is 4.26. The fourth-order valence-corrected chi connectivity index (χ4v) is 3.52. The van der Waals surface area contributed by atoms with E-state index in [1.54, 1.807) is 6.92 Å². The fourth-order valence-electron chi connectivity index (χ4n) is 3.52. The third kappa shape index (κ3) is 3.07. The third-order valence-electron chi connectivity index (χ3n) is 5.39. The van der Waals surface area contributed by atoms with Crippen LogP contribution in [0.2, 0.25) is 0 Å². The van der Waals surface area contributed by atoms with E-state index >= 15 is 0 Å². The number of carbonyl (C=O) groups is 2. The molecule has 1 aliphatic rings. The lowest BCUT2D eigenvalue weighted by Gasteiger charge is -2.11. The smallest absolute Gasteiger partial charge is 0.314 e. The van der Waals surface area contributed by atoms with Crippen LogP contribution in [0.15, 0.2) is 53.1 Å². The van der Waals surface area contributed by atoms with Crippen molar-refractivity contribution in [3.8, 4) is 22.5 Å². The van der Waals surface area contributed by atoms with E-state index in [4.69, 9.17) is 9.63 Å². The van der Waals surface area contributed by atoms with E-state index in [9.17, 15) is 14.7 Å². The van der Waals surface area contributed by atoms with Crippen LogP contribution < -0.4 is 0 Å². The van der Waals surface area contributed by atoms with E-state index in [2.05, 4.69) is 5.16 Å². The van der Waals surface area contributed by atoms with Gasteiger partial charge in [-0.1, -0.05) is 53.7 Å². The number of benzene rings is 2. The van der Waals surface area contributed by atoms with Crippen molar-refractivity contribution in [2.24, 2.45) is 0 Å². The van der Waals surface area contributed by atoms with Gasteiger partial charge in [-0.25, -0.2) is 0 Å². The maximum atomic E-state index is 11.5. The first-order valence-corrected chi connectivity index (χ1v) is 9.02. The van der Waals surface area contributed by atoms with Gasteiger partial charge in [0.1, 0.15) is 0 Å². The molecule has 4 rings (SSSR count). The molecule has 142 valence electrons. The Bertz CT molecular complexity index is 1040. The summed E-state index contributed by atoms with van der Waals surface area (Å²) in [5.74, 6) is -1.22. The average Bonchev–Trinajstić information content (AvgIpc) is 3.43. The number of rotatable bonds is 6. The molecule has 1 fully saturated rings. The van der Waals surface area contributed by atoms with Gasteiger partial charge < -0.3 is 14.7 Å². The first-order valence-electron chi connectivity index (χ1n) is 9.02. The number of hydrogen-bond acceptors (Lipinski definition) is 4. The molecule has 0 bridgehead atoms. The highest BCUT2D eigenvalue weighted by Gasteiger charge is 2.51. The van der Waals surface area contributed by atoms with Gasteiger partial charge in [-0.2, -0.15) is 0 Å². The molecule has 6 nitrogen and oxygen atoms in total. The molecule has 0 amide bonds. The van der Waals surface area contributed by atoms with Gasteiger partial charge in [-0.3, -0.25) is 9.59 Å². The van der Waals surface area contributed by atoms with Crippen molar-refractivity contribution in [2.75, 3.05) is 0 Å². The molecule has 2 aromatic carbocycles. The van der Waals surface area contributed by atoms with Crippen LogP contribution in [0.25, 0.3) is 22.5 Å². The van der Waals surface area contributed by atoms with Crippen molar-refractivity contribution in [1.29, 1.82) is 0 Å². The summed E-state index contributed by atoms with van der Waals surface area (Å²) in [5.41, 5.74) is 4.02. The Balaban J connectivity index is 1.59.